The quantitative estimate of drug-likeness (QED) is 0.731. The van der Waals surface area contributed by atoms with Crippen LogP contribution in [-0.2, 0) is 0 Å². The standard InChI is InChI=1S/C19H22FN3/c1-23-13-11-15(12-14-23)19(17-9-5-6-10-18(17)20)22-21-16-7-3-2-4-8-16/h2-10,15,19H,11-14H2,1H3. The number of nitrogens with zero attached hydrogens (tertiary/aromatic N) is 3. The summed E-state index contributed by atoms with van der Waals surface area (Å²) in [4.78, 5) is 2.31. The minimum absolute atomic E-state index is 0.191. The summed E-state index contributed by atoms with van der Waals surface area (Å²) in [5, 5.41) is 8.90. The van der Waals surface area contributed by atoms with Gasteiger partial charge < -0.3 is 4.90 Å². The lowest BCUT2D eigenvalue weighted by Crippen LogP contribution is -2.32. The fraction of sp³-hybridized carbons (Fsp3) is 0.368. The van der Waals surface area contributed by atoms with Crippen molar-refractivity contribution in [2.24, 2.45) is 16.1 Å². The molecule has 0 amide bonds. The molecule has 23 heavy (non-hydrogen) atoms. The van der Waals surface area contributed by atoms with Gasteiger partial charge in [-0.1, -0.05) is 36.4 Å². The Labute approximate surface area is 136 Å². The van der Waals surface area contributed by atoms with E-state index < -0.39 is 0 Å². The van der Waals surface area contributed by atoms with Gasteiger partial charge in [-0.05, 0) is 57.1 Å². The SMILES string of the molecule is CN1CCC(C(N=Nc2ccccc2)c2ccccc2F)CC1. The molecule has 120 valence electrons. The fourth-order valence-corrected chi connectivity index (χ4v) is 3.09. The number of piperidine rings is 1. The number of hydrogen-bond acceptors (Lipinski definition) is 3. The van der Waals surface area contributed by atoms with Crippen LogP contribution in [0.25, 0.3) is 0 Å². The first kappa shape index (κ1) is 15.8. The van der Waals surface area contributed by atoms with Crippen LogP contribution in [-0.4, -0.2) is 25.0 Å². The van der Waals surface area contributed by atoms with Gasteiger partial charge in [-0.3, -0.25) is 0 Å². The predicted octanol–water partition coefficient (Wildman–Crippen LogP) is 4.99. The zero-order chi connectivity index (χ0) is 16.1. The summed E-state index contributed by atoms with van der Waals surface area (Å²) in [6.45, 7) is 2.05. The molecule has 1 aliphatic rings. The predicted molar refractivity (Wildman–Crippen MR) is 90.3 cm³/mol. The highest BCUT2D eigenvalue weighted by Crippen LogP contribution is 2.35. The number of hydrogen-bond donors (Lipinski definition) is 0. The number of halogens is 1. The summed E-state index contributed by atoms with van der Waals surface area (Å²) in [5.41, 5.74) is 1.46. The van der Waals surface area contributed by atoms with E-state index in [4.69, 9.17) is 0 Å². The van der Waals surface area contributed by atoms with Crippen molar-refractivity contribution in [3.8, 4) is 0 Å². The van der Waals surface area contributed by atoms with Crippen molar-refractivity contribution in [3.05, 3.63) is 66.0 Å². The average Bonchev–Trinajstić information content (AvgIpc) is 2.59. The number of rotatable bonds is 4. The maximum Gasteiger partial charge on any atom is 0.128 e. The lowest BCUT2D eigenvalue weighted by atomic mass is 9.86. The number of likely N-dealkylation sites (tertiary alicyclic amines) is 1. The molecule has 0 bridgehead atoms. The van der Waals surface area contributed by atoms with Gasteiger partial charge >= 0.3 is 0 Å². The molecule has 4 heteroatoms. The highest BCUT2D eigenvalue weighted by molar-refractivity contribution is 5.35. The molecule has 1 heterocycles. The van der Waals surface area contributed by atoms with Crippen LogP contribution in [0.3, 0.4) is 0 Å². The molecular formula is C19H22FN3. The Hall–Kier alpha value is -2.07. The van der Waals surface area contributed by atoms with Gasteiger partial charge in [0.05, 0.1) is 5.69 Å². The molecule has 0 aromatic heterocycles. The molecule has 1 aliphatic heterocycles. The molecule has 0 aliphatic carbocycles. The molecular weight excluding hydrogens is 289 g/mol. The molecule has 1 saturated heterocycles. The zero-order valence-electron chi connectivity index (χ0n) is 13.4. The van der Waals surface area contributed by atoms with Gasteiger partial charge in [0.1, 0.15) is 11.9 Å². The smallest absolute Gasteiger partial charge is 0.128 e. The summed E-state index contributed by atoms with van der Waals surface area (Å²) < 4.78 is 14.3. The number of benzene rings is 2. The first-order valence-electron chi connectivity index (χ1n) is 8.13. The molecule has 0 saturated carbocycles. The van der Waals surface area contributed by atoms with Crippen LogP contribution in [0, 0.1) is 11.7 Å². The highest BCUT2D eigenvalue weighted by Gasteiger charge is 2.28. The highest BCUT2D eigenvalue weighted by atomic mass is 19.1. The van der Waals surface area contributed by atoms with E-state index in [1.807, 2.05) is 42.5 Å². The molecule has 0 N–H and O–H groups in total. The Morgan fingerprint density at radius 1 is 1.00 bits per heavy atom. The van der Waals surface area contributed by atoms with E-state index in [1.54, 1.807) is 6.07 Å². The minimum atomic E-state index is -0.217. The summed E-state index contributed by atoms with van der Waals surface area (Å²) in [6, 6.07) is 16.4. The van der Waals surface area contributed by atoms with Crippen LogP contribution in [0.4, 0.5) is 10.1 Å². The van der Waals surface area contributed by atoms with Gasteiger partial charge in [0.15, 0.2) is 0 Å². The third kappa shape index (κ3) is 4.02. The Morgan fingerprint density at radius 3 is 2.35 bits per heavy atom. The lowest BCUT2D eigenvalue weighted by Gasteiger charge is -2.32. The van der Waals surface area contributed by atoms with Crippen LogP contribution in [0.15, 0.2) is 64.8 Å². The van der Waals surface area contributed by atoms with Crippen molar-refractivity contribution in [1.29, 1.82) is 0 Å². The van der Waals surface area contributed by atoms with E-state index >= 15 is 0 Å². The van der Waals surface area contributed by atoms with Crippen molar-refractivity contribution in [1.82, 2.24) is 4.90 Å². The average molecular weight is 311 g/mol. The minimum Gasteiger partial charge on any atom is -0.306 e. The molecule has 1 atom stereocenters. The van der Waals surface area contributed by atoms with Crippen LogP contribution in [0.1, 0.15) is 24.4 Å². The van der Waals surface area contributed by atoms with E-state index in [-0.39, 0.29) is 11.9 Å². The van der Waals surface area contributed by atoms with Crippen molar-refractivity contribution in [3.63, 3.8) is 0 Å². The van der Waals surface area contributed by atoms with Gasteiger partial charge in [0.25, 0.3) is 0 Å². The Bertz CT molecular complexity index is 649. The summed E-state index contributed by atoms with van der Waals surface area (Å²) in [6.07, 6.45) is 2.03. The topological polar surface area (TPSA) is 28.0 Å². The van der Waals surface area contributed by atoms with E-state index in [2.05, 4.69) is 22.2 Å². The third-order valence-electron chi connectivity index (χ3n) is 4.49. The molecule has 0 spiro atoms. The largest absolute Gasteiger partial charge is 0.306 e. The second-order valence-electron chi connectivity index (χ2n) is 6.16. The molecule has 1 fully saturated rings. The van der Waals surface area contributed by atoms with Crippen LogP contribution < -0.4 is 0 Å². The van der Waals surface area contributed by atoms with E-state index in [9.17, 15) is 4.39 Å². The monoisotopic (exact) mass is 311 g/mol. The van der Waals surface area contributed by atoms with Crippen LogP contribution in [0.5, 0.6) is 0 Å². The molecule has 3 rings (SSSR count). The lowest BCUT2D eigenvalue weighted by molar-refractivity contribution is 0.196. The summed E-state index contributed by atoms with van der Waals surface area (Å²) in [5.74, 6) is 0.138. The normalized spacial score (nSPS) is 18.3. The van der Waals surface area contributed by atoms with Crippen molar-refractivity contribution < 1.29 is 4.39 Å². The van der Waals surface area contributed by atoms with Crippen molar-refractivity contribution in [2.75, 3.05) is 20.1 Å². The Balaban J connectivity index is 1.87. The van der Waals surface area contributed by atoms with Crippen molar-refractivity contribution in [2.45, 2.75) is 18.9 Å². The maximum atomic E-state index is 14.3. The van der Waals surface area contributed by atoms with Gasteiger partial charge in [0.2, 0.25) is 0 Å². The first-order chi connectivity index (χ1) is 11.2. The van der Waals surface area contributed by atoms with Gasteiger partial charge in [-0.15, -0.1) is 0 Å². The molecule has 3 nitrogen and oxygen atoms in total. The maximum absolute atomic E-state index is 14.3. The van der Waals surface area contributed by atoms with Gasteiger partial charge in [-0.2, -0.15) is 10.2 Å². The van der Waals surface area contributed by atoms with E-state index in [0.717, 1.165) is 31.6 Å². The van der Waals surface area contributed by atoms with Gasteiger partial charge in [-0.25, -0.2) is 4.39 Å². The molecule has 2 aromatic rings. The summed E-state index contributed by atoms with van der Waals surface area (Å²) >= 11 is 0. The first-order valence-corrected chi connectivity index (χ1v) is 8.13. The molecule has 0 radical (unpaired) electrons. The van der Waals surface area contributed by atoms with E-state index in [1.165, 1.54) is 6.07 Å². The third-order valence-corrected chi connectivity index (χ3v) is 4.49. The Kier molecular flexibility index (Phi) is 5.13. The Morgan fingerprint density at radius 2 is 1.65 bits per heavy atom. The molecule has 2 aromatic carbocycles. The van der Waals surface area contributed by atoms with Crippen LogP contribution >= 0.6 is 0 Å². The zero-order valence-corrected chi connectivity index (χ0v) is 13.4. The second kappa shape index (κ2) is 7.47. The van der Waals surface area contributed by atoms with Crippen molar-refractivity contribution >= 4 is 5.69 Å². The number of azo groups is 1. The van der Waals surface area contributed by atoms with Gasteiger partial charge in [0, 0.05) is 5.56 Å². The molecule has 1 unspecified atom stereocenters. The van der Waals surface area contributed by atoms with Crippen LogP contribution in [0.2, 0.25) is 0 Å². The fourth-order valence-electron chi connectivity index (χ4n) is 3.09. The summed E-state index contributed by atoms with van der Waals surface area (Å²) in [7, 11) is 2.12. The van der Waals surface area contributed by atoms with E-state index in [0.29, 0.717) is 11.5 Å². The second-order valence-corrected chi connectivity index (χ2v) is 6.16.